The van der Waals surface area contributed by atoms with E-state index in [0.29, 0.717) is 19.4 Å². The summed E-state index contributed by atoms with van der Waals surface area (Å²) in [5.74, 6) is -0.861. The molecule has 178 valence electrons. The first kappa shape index (κ1) is 22.0. The molecule has 2 atom stereocenters. The summed E-state index contributed by atoms with van der Waals surface area (Å²) in [5.41, 5.74) is 4.94. The lowest BCUT2D eigenvalue weighted by Gasteiger charge is -2.47. The van der Waals surface area contributed by atoms with Crippen LogP contribution in [-0.4, -0.2) is 35.5 Å². The first-order valence-electron chi connectivity index (χ1n) is 12.5. The predicted octanol–water partition coefficient (Wildman–Crippen LogP) is 6.59. The second kappa shape index (κ2) is 8.95. The zero-order chi connectivity index (χ0) is 23.9. The minimum atomic E-state index is -0.471. The van der Waals surface area contributed by atoms with Crippen LogP contribution in [0.2, 0.25) is 0 Å². The van der Waals surface area contributed by atoms with Gasteiger partial charge in [0.05, 0.1) is 5.56 Å². The molecule has 6 rings (SSSR count). The Bertz CT molecular complexity index is 1230. The van der Waals surface area contributed by atoms with Crippen molar-refractivity contribution in [3.8, 4) is 11.1 Å². The Kier molecular flexibility index (Phi) is 5.63. The van der Waals surface area contributed by atoms with E-state index in [0.717, 1.165) is 19.3 Å². The van der Waals surface area contributed by atoms with Crippen molar-refractivity contribution in [2.75, 3.05) is 6.61 Å². The Morgan fingerprint density at radius 2 is 1.40 bits per heavy atom. The Morgan fingerprint density at radius 1 is 0.829 bits per heavy atom. The number of nitrogens with zero attached hydrogens (tertiary/aromatic N) is 1. The minimum absolute atomic E-state index is 0.0198. The topological polar surface area (TPSA) is 46.6 Å². The maximum absolute atomic E-state index is 14.2. The van der Waals surface area contributed by atoms with Gasteiger partial charge in [-0.1, -0.05) is 60.7 Å². The molecular formula is C30H28FNO3. The highest BCUT2D eigenvalue weighted by molar-refractivity contribution is 5.98. The summed E-state index contributed by atoms with van der Waals surface area (Å²) in [6.07, 6.45) is 3.56. The number of carbonyl (C=O) groups excluding carboxylic acids is 2. The van der Waals surface area contributed by atoms with Crippen LogP contribution < -0.4 is 0 Å². The molecule has 35 heavy (non-hydrogen) atoms. The van der Waals surface area contributed by atoms with Gasteiger partial charge in [0.25, 0.3) is 0 Å². The van der Waals surface area contributed by atoms with Crippen molar-refractivity contribution in [1.29, 1.82) is 0 Å². The van der Waals surface area contributed by atoms with Crippen LogP contribution >= 0.6 is 0 Å². The zero-order valence-corrected chi connectivity index (χ0v) is 19.5. The molecular weight excluding hydrogens is 441 g/mol. The van der Waals surface area contributed by atoms with E-state index in [-0.39, 0.29) is 41.4 Å². The number of halogens is 1. The average Bonchev–Trinajstić information content (AvgIpc) is 3.20. The van der Waals surface area contributed by atoms with E-state index in [1.807, 2.05) is 29.2 Å². The van der Waals surface area contributed by atoms with Crippen LogP contribution in [0.15, 0.2) is 72.8 Å². The summed E-state index contributed by atoms with van der Waals surface area (Å²) in [6.45, 7) is 0.292. The van der Waals surface area contributed by atoms with E-state index >= 15 is 0 Å². The van der Waals surface area contributed by atoms with Crippen molar-refractivity contribution in [3.05, 3.63) is 95.3 Å². The van der Waals surface area contributed by atoms with E-state index in [1.54, 1.807) is 18.2 Å². The summed E-state index contributed by atoms with van der Waals surface area (Å²) in [4.78, 5) is 28.3. The summed E-state index contributed by atoms with van der Waals surface area (Å²) >= 11 is 0. The van der Waals surface area contributed by atoms with Gasteiger partial charge in [0.2, 0.25) is 0 Å². The van der Waals surface area contributed by atoms with Crippen molar-refractivity contribution in [2.45, 2.75) is 50.1 Å². The third-order valence-electron chi connectivity index (χ3n) is 8.03. The molecule has 0 N–H and O–H groups in total. The molecule has 2 unspecified atom stereocenters. The van der Waals surface area contributed by atoms with Crippen molar-refractivity contribution in [3.63, 3.8) is 0 Å². The summed E-state index contributed by atoms with van der Waals surface area (Å²) in [7, 11) is 0. The van der Waals surface area contributed by atoms with Crippen LogP contribution in [0.25, 0.3) is 11.1 Å². The fourth-order valence-electron chi connectivity index (χ4n) is 6.44. The lowest BCUT2D eigenvalue weighted by Crippen LogP contribution is -2.56. The smallest absolute Gasteiger partial charge is 0.410 e. The fourth-order valence-corrected chi connectivity index (χ4v) is 6.44. The molecule has 3 aromatic rings. The second-order valence-electron chi connectivity index (χ2n) is 9.96. The second-order valence-corrected chi connectivity index (χ2v) is 9.96. The fraction of sp³-hybridized carbons (Fsp3) is 0.333. The van der Waals surface area contributed by atoms with Gasteiger partial charge in [-0.05, 0) is 66.5 Å². The Labute approximate surface area is 204 Å². The number of Topliss-reactive ketones (excluding diaryl/α,β-unsaturated/α-hetero) is 1. The average molecular weight is 470 g/mol. The first-order chi connectivity index (χ1) is 17.1. The summed E-state index contributed by atoms with van der Waals surface area (Å²) in [6, 6.07) is 22.7. The third-order valence-corrected chi connectivity index (χ3v) is 8.03. The maximum Gasteiger partial charge on any atom is 0.410 e. The number of carbonyl (C=O) groups is 2. The van der Waals surface area contributed by atoms with Crippen molar-refractivity contribution < 1.29 is 18.7 Å². The van der Waals surface area contributed by atoms with Gasteiger partial charge in [-0.3, -0.25) is 4.79 Å². The van der Waals surface area contributed by atoms with Gasteiger partial charge < -0.3 is 9.64 Å². The lowest BCUT2D eigenvalue weighted by molar-refractivity contribution is 0.00642. The van der Waals surface area contributed by atoms with Crippen LogP contribution in [0, 0.1) is 11.7 Å². The standard InChI is InChI=1S/C30H28FNO3/c31-28-15-6-5-14-26(28)29(33)19-16-20-8-7-9-21(17-19)32(20)30(34)35-18-27-24-12-3-1-10-22(24)23-11-2-4-13-25(23)27/h1-6,10-15,19-21,27H,7-9,16-18H2. The van der Waals surface area contributed by atoms with Gasteiger partial charge in [0, 0.05) is 23.9 Å². The van der Waals surface area contributed by atoms with Gasteiger partial charge in [0.1, 0.15) is 12.4 Å². The van der Waals surface area contributed by atoms with Crippen LogP contribution in [0.5, 0.6) is 0 Å². The number of rotatable bonds is 4. The summed E-state index contributed by atoms with van der Waals surface area (Å²) < 4.78 is 20.2. The maximum atomic E-state index is 14.2. The quantitative estimate of drug-likeness (QED) is 0.405. The van der Waals surface area contributed by atoms with Crippen LogP contribution in [0.4, 0.5) is 9.18 Å². The number of benzene rings is 3. The molecule has 3 aliphatic rings. The largest absolute Gasteiger partial charge is 0.448 e. The molecule has 2 aliphatic heterocycles. The molecule has 1 amide bonds. The molecule has 2 bridgehead atoms. The highest BCUT2D eigenvalue weighted by Gasteiger charge is 2.44. The molecule has 3 aromatic carbocycles. The highest BCUT2D eigenvalue weighted by atomic mass is 19.1. The van der Waals surface area contributed by atoms with E-state index in [4.69, 9.17) is 4.74 Å². The van der Waals surface area contributed by atoms with E-state index in [2.05, 4.69) is 24.3 Å². The van der Waals surface area contributed by atoms with E-state index in [9.17, 15) is 14.0 Å². The molecule has 5 heteroatoms. The monoisotopic (exact) mass is 469 g/mol. The number of hydrogen-bond acceptors (Lipinski definition) is 3. The molecule has 2 fully saturated rings. The van der Waals surface area contributed by atoms with Crippen LogP contribution in [0.3, 0.4) is 0 Å². The van der Waals surface area contributed by atoms with Crippen molar-refractivity contribution >= 4 is 11.9 Å². The molecule has 2 heterocycles. The number of fused-ring (bicyclic) bond motifs is 5. The zero-order valence-electron chi connectivity index (χ0n) is 19.5. The third kappa shape index (κ3) is 3.83. The lowest BCUT2D eigenvalue weighted by atomic mass is 9.76. The number of hydrogen-bond donors (Lipinski definition) is 0. The Morgan fingerprint density at radius 3 is 2.03 bits per heavy atom. The molecule has 4 nitrogen and oxygen atoms in total. The molecule has 0 radical (unpaired) electrons. The number of piperidine rings is 2. The Balaban J connectivity index is 1.17. The van der Waals surface area contributed by atoms with Gasteiger partial charge in [-0.15, -0.1) is 0 Å². The molecule has 2 saturated heterocycles. The number of amides is 1. The molecule has 1 aliphatic carbocycles. The van der Waals surface area contributed by atoms with E-state index in [1.165, 1.54) is 28.3 Å². The van der Waals surface area contributed by atoms with Crippen LogP contribution in [-0.2, 0) is 4.74 Å². The SMILES string of the molecule is O=C(c1ccccc1F)C1CC2CCCC(C1)N2C(=O)OCC1c2ccccc2-c2ccccc21. The van der Waals surface area contributed by atoms with E-state index < -0.39 is 5.82 Å². The number of ketones is 1. The first-order valence-corrected chi connectivity index (χ1v) is 12.5. The molecule has 0 spiro atoms. The molecule has 0 saturated carbocycles. The van der Waals surface area contributed by atoms with Crippen molar-refractivity contribution in [2.24, 2.45) is 5.92 Å². The van der Waals surface area contributed by atoms with Gasteiger partial charge >= 0.3 is 6.09 Å². The molecule has 0 aromatic heterocycles. The Hall–Kier alpha value is -3.47. The highest BCUT2D eigenvalue weighted by Crippen LogP contribution is 2.45. The van der Waals surface area contributed by atoms with Gasteiger partial charge in [-0.2, -0.15) is 0 Å². The minimum Gasteiger partial charge on any atom is -0.448 e. The predicted molar refractivity (Wildman–Crippen MR) is 132 cm³/mol. The van der Waals surface area contributed by atoms with Crippen molar-refractivity contribution in [1.82, 2.24) is 4.90 Å². The van der Waals surface area contributed by atoms with Crippen LogP contribution in [0.1, 0.15) is 59.5 Å². The normalized spacial score (nSPS) is 22.9. The van der Waals surface area contributed by atoms with Gasteiger partial charge in [-0.25, -0.2) is 9.18 Å². The van der Waals surface area contributed by atoms with Gasteiger partial charge in [0.15, 0.2) is 5.78 Å². The number of ether oxygens (including phenoxy) is 1. The summed E-state index contributed by atoms with van der Waals surface area (Å²) in [5, 5.41) is 0.